The summed E-state index contributed by atoms with van der Waals surface area (Å²) in [5.74, 6) is 1.48. The van der Waals surface area contributed by atoms with E-state index in [1.807, 2.05) is 18.2 Å². The zero-order valence-electron chi connectivity index (χ0n) is 13.7. The molecule has 0 radical (unpaired) electrons. The van der Waals surface area contributed by atoms with Gasteiger partial charge in [0.05, 0.1) is 16.6 Å². The molecule has 1 aliphatic rings. The van der Waals surface area contributed by atoms with Gasteiger partial charge in [-0.2, -0.15) is 0 Å². The monoisotopic (exact) mass is 345 g/mol. The summed E-state index contributed by atoms with van der Waals surface area (Å²) in [4.78, 5) is 12.6. The Morgan fingerprint density at radius 1 is 1.08 bits per heavy atom. The van der Waals surface area contributed by atoms with E-state index in [1.165, 1.54) is 0 Å². The second-order valence-corrected chi connectivity index (χ2v) is 6.49. The lowest BCUT2D eigenvalue weighted by Gasteiger charge is -2.25. The Labute approximate surface area is 146 Å². The summed E-state index contributed by atoms with van der Waals surface area (Å²) >= 11 is 6.13. The zero-order chi connectivity index (χ0) is 17.1. The van der Waals surface area contributed by atoms with E-state index in [4.69, 9.17) is 21.1 Å². The molecule has 0 saturated heterocycles. The van der Waals surface area contributed by atoms with Gasteiger partial charge in [-0.15, -0.1) is 0 Å². The number of halogens is 1. The molecule has 4 nitrogen and oxygen atoms in total. The van der Waals surface area contributed by atoms with Crippen molar-refractivity contribution in [3.8, 4) is 11.5 Å². The van der Waals surface area contributed by atoms with E-state index in [-0.39, 0.29) is 17.9 Å². The highest BCUT2D eigenvalue weighted by Gasteiger charge is 2.22. The van der Waals surface area contributed by atoms with Crippen LogP contribution in [0.2, 0.25) is 5.02 Å². The number of rotatable bonds is 4. The number of ether oxygens (including phenoxy) is 2. The van der Waals surface area contributed by atoms with Crippen molar-refractivity contribution in [3.63, 3.8) is 0 Å². The van der Waals surface area contributed by atoms with Gasteiger partial charge in [-0.25, -0.2) is 0 Å². The average molecular weight is 346 g/mol. The maximum absolute atomic E-state index is 12.6. The van der Waals surface area contributed by atoms with Crippen molar-refractivity contribution in [2.45, 2.75) is 19.9 Å². The van der Waals surface area contributed by atoms with Crippen LogP contribution in [-0.2, 0) is 0 Å². The van der Waals surface area contributed by atoms with Gasteiger partial charge in [0.2, 0.25) is 0 Å². The average Bonchev–Trinajstić information content (AvgIpc) is 2.59. The van der Waals surface area contributed by atoms with Crippen LogP contribution in [0.4, 0.5) is 0 Å². The van der Waals surface area contributed by atoms with Gasteiger partial charge >= 0.3 is 0 Å². The van der Waals surface area contributed by atoms with Crippen molar-refractivity contribution < 1.29 is 14.3 Å². The zero-order valence-corrected chi connectivity index (χ0v) is 14.5. The Bertz CT molecular complexity index is 745. The first-order chi connectivity index (χ1) is 11.6. The van der Waals surface area contributed by atoms with Crippen molar-refractivity contribution >= 4 is 17.5 Å². The second-order valence-electron chi connectivity index (χ2n) is 6.08. The first-order valence-electron chi connectivity index (χ1n) is 8.01. The largest absolute Gasteiger partial charge is 0.486 e. The summed E-state index contributed by atoms with van der Waals surface area (Å²) in [5, 5.41) is 3.52. The van der Waals surface area contributed by atoms with E-state index in [1.54, 1.807) is 24.3 Å². The van der Waals surface area contributed by atoms with Crippen molar-refractivity contribution in [1.82, 2.24) is 5.32 Å². The summed E-state index contributed by atoms with van der Waals surface area (Å²) in [7, 11) is 0. The van der Waals surface area contributed by atoms with Crippen molar-refractivity contribution in [1.29, 1.82) is 0 Å². The van der Waals surface area contributed by atoms with Gasteiger partial charge < -0.3 is 14.8 Å². The summed E-state index contributed by atoms with van der Waals surface area (Å²) in [6, 6.07) is 12.7. The molecule has 0 aliphatic carbocycles. The molecule has 126 valence electrons. The summed E-state index contributed by atoms with van der Waals surface area (Å²) in [6.45, 7) is 5.22. The van der Waals surface area contributed by atoms with Crippen molar-refractivity contribution in [2.24, 2.45) is 5.92 Å². The molecule has 0 saturated carbocycles. The Balaban J connectivity index is 1.85. The number of hydrogen-bond acceptors (Lipinski definition) is 3. The minimum Gasteiger partial charge on any atom is -0.486 e. The molecule has 2 aromatic rings. The van der Waals surface area contributed by atoms with E-state index in [0.29, 0.717) is 23.8 Å². The number of amides is 1. The second kappa shape index (κ2) is 7.14. The third-order valence-electron chi connectivity index (χ3n) is 4.00. The standard InChI is InChI=1S/C19H20ClNO3/c1-12(2)18(21-19(22)14-5-3-4-6-15(14)20)13-7-8-16-17(11-13)24-10-9-23-16/h3-8,11-12,18H,9-10H2,1-2H3,(H,21,22). The Kier molecular flexibility index (Phi) is 4.95. The van der Waals surface area contributed by atoms with Gasteiger partial charge in [0.1, 0.15) is 13.2 Å². The van der Waals surface area contributed by atoms with E-state index in [0.717, 1.165) is 17.1 Å². The van der Waals surface area contributed by atoms with E-state index < -0.39 is 0 Å². The number of carbonyl (C=O) groups excluding carboxylic acids is 1. The fraction of sp³-hybridized carbons (Fsp3) is 0.316. The summed E-state index contributed by atoms with van der Waals surface area (Å²) < 4.78 is 11.2. The quantitative estimate of drug-likeness (QED) is 0.901. The van der Waals surface area contributed by atoms with Crippen LogP contribution in [0.3, 0.4) is 0 Å². The molecular weight excluding hydrogens is 326 g/mol. The summed E-state index contributed by atoms with van der Waals surface area (Å²) in [6.07, 6.45) is 0. The van der Waals surface area contributed by atoms with Gasteiger partial charge in [-0.1, -0.05) is 43.6 Å². The lowest BCUT2D eigenvalue weighted by atomic mass is 9.95. The third-order valence-corrected chi connectivity index (χ3v) is 4.33. The van der Waals surface area contributed by atoms with Gasteiger partial charge in [0, 0.05) is 0 Å². The normalized spacial score (nSPS) is 14.3. The molecule has 1 amide bonds. The van der Waals surface area contributed by atoms with Crippen LogP contribution in [0.25, 0.3) is 0 Å². The van der Waals surface area contributed by atoms with Gasteiger partial charge in [0.25, 0.3) is 5.91 Å². The van der Waals surface area contributed by atoms with Gasteiger partial charge in [-0.05, 0) is 35.7 Å². The maximum atomic E-state index is 12.6. The molecule has 0 aromatic heterocycles. The van der Waals surface area contributed by atoms with Crippen molar-refractivity contribution in [3.05, 3.63) is 58.6 Å². The molecule has 0 bridgehead atoms. The van der Waals surface area contributed by atoms with E-state index >= 15 is 0 Å². The molecule has 0 fully saturated rings. The lowest BCUT2D eigenvalue weighted by Crippen LogP contribution is -2.32. The SMILES string of the molecule is CC(C)C(NC(=O)c1ccccc1Cl)c1ccc2c(c1)OCCO2. The molecule has 5 heteroatoms. The molecule has 1 unspecified atom stereocenters. The number of hydrogen-bond donors (Lipinski definition) is 1. The molecule has 1 aliphatic heterocycles. The summed E-state index contributed by atoms with van der Waals surface area (Å²) in [5.41, 5.74) is 1.46. The molecule has 1 atom stereocenters. The number of nitrogens with one attached hydrogen (secondary N) is 1. The predicted octanol–water partition coefficient (Wildman–Crippen LogP) is 4.24. The lowest BCUT2D eigenvalue weighted by molar-refractivity contribution is 0.0925. The molecule has 0 spiro atoms. The first-order valence-corrected chi connectivity index (χ1v) is 8.39. The molecule has 1 heterocycles. The van der Waals surface area contributed by atoms with E-state index in [9.17, 15) is 4.79 Å². The first kappa shape index (κ1) is 16.7. The predicted molar refractivity (Wildman–Crippen MR) is 93.9 cm³/mol. The third kappa shape index (κ3) is 3.49. The highest BCUT2D eigenvalue weighted by molar-refractivity contribution is 6.33. The highest BCUT2D eigenvalue weighted by Crippen LogP contribution is 2.34. The highest BCUT2D eigenvalue weighted by atomic mass is 35.5. The molecular formula is C19H20ClNO3. The van der Waals surface area contributed by atoms with Crippen LogP contribution in [0.15, 0.2) is 42.5 Å². The van der Waals surface area contributed by atoms with Crippen LogP contribution < -0.4 is 14.8 Å². The number of benzene rings is 2. The van der Waals surface area contributed by atoms with Crippen LogP contribution in [0.1, 0.15) is 35.8 Å². The minimum atomic E-state index is -0.186. The number of fused-ring (bicyclic) bond motifs is 1. The van der Waals surface area contributed by atoms with E-state index in [2.05, 4.69) is 19.2 Å². The molecule has 3 rings (SSSR count). The fourth-order valence-corrected chi connectivity index (χ4v) is 2.97. The minimum absolute atomic E-state index is 0.149. The Morgan fingerprint density at radius 3 is 2.50 bits per heavy atom. The van der Waals surface area contributed by atoms with Crippen molar-refractivity contribution in [2.75, 3.05) is 13.2 Å². The number of carbonyl (C=O) groups is 1. The Hall–Kier alpha value is -2.20. The smallest absolute Gasteiger partial charge is 0.253 e. The van der Waals surface area contributed by atoms with Crippen LogP contribution in [0.5, 0.6) is 11.5 Å². The van der Waals surface area contributed by atoms with Crippen LogP contribution in [0, 0.1) is 5.92 Å². The fourth-order valence-electron chi connectivity index (χ4n) is 2.75. The van der Waals surface area contributed by atoms with Gasteiger partial charge in [-0.3, -0.25) is 4.79 Å². The molecule has 2 aromatic carbocycles. The van der Waals surface area contributed by atoms with Gasteiger partial charge in [0.15, 0.2) is 11.5 Å². The Morgan fingerprint density at radius 2 is 1.79 bits per heavy atom. The molecule has 24 heavy (non-hydrogen) atoms. The molecule has 1 N–H and O–H groups in total. The van der Waals surface area contributed by atoms with Crippen LogP contribution in [-0.4, -0.2) is 19.1 Å². The maximum Gasteiger partial charge on any atom is 0.253 e. The van der Waals surface area contributed by atoms with Crippen LogP contribution >= 0.6 is 11.6 Å². The topological polar surface area (TPSA) is 47.6 Å².